The molecule has 4 rings (SSSR count). The molecule has 1 unspecified atom stereocenters. The fourth-order valence-corrected chi connectivity index (χ4v) is 4.03. The molecule has 2 aromatic carbocycles. The number of urea groups is 1. The van der Waals surface area contributed by atoms with E-state index in [1.807, 2.05) is 6.07 Å². The van der Waals surface area contributed by atoms with Crippen LogP contribution in [0.3, 0.4) is 0 Å². The first-order valence-corrected chi connectivity index (χ1v) is 10.3. The van der Waals surface area contributed by atoms with E-state index in [0.29, 0.717) is 35.7 Å². The normalized spacial score (nSPS) is 20.5. The number of benzene rings is 2. The van der Waals surface area contributed by atoms with Crippen molar-refractivity contribution in [3.8, 4) is 5.75 Å². The fourth-order valence-electron chi connectivity index (χ4n) is 4.03. The Morgan fingerprint density at radius 2 is 1.91 bits per heavy atom. The second kappa shape index (κ2) is 8.33. The largest absolute Gasteiger partial charge is 0.494 e. The molecule has 9 nitrogen and oxygen atoms in total. The minimum absolute atomic E-state index is 0.0279. The molecule has 0 bridgehead atoms. The summed E-state index contributed by atoms with van der Waals surface area (Å²) in [7, 11) is 1.49. The third-order valence-electron chi connectivity index (χ3n) is 5.76. The Balaban J connectivity index is 1.46. The average molecular weight is 436 g/mol. The second-order valence-electron chi connectivity index (χ2n) is 7.90. The molecular weight excluding hydrogens is 412 g/mol. The summed E-state index contributed by atoms with van der Waals surface area (Å²) in [6, 6.07) is 13.2. The number of nitrogens with zero attached hydrogens (tertiary/aromatic N) is 2. The number of nitrogens with one attached hydrogen (secondary N) is 2. The first kappa shape index (κ1) is 21.4. The van der Waals surface area contributed by atoms with Gasteiger partial charge >= 0.3 is 6.03 Å². The molecule has 2 heterocycles. The topological polar surface area (TPSA) is 108 Å². The highest BCUT2D eigenvalue weighted by molar-refractivity contribution is 6.10. The molecule has 166 valence electrons. The van der Waals surface area contributed by atoms with Crippen molar-refractivity contribution in [2.24, 2.45) is 0 Å². The number of rotatable bonds is 6. The lowest BCUT2D eigenvalue weighted by atomic mass is 9.92. The molecule has 2 aliphatic rings. The van der Waals surface area contributed by atoms with E-state index in [-0.39, 0.29) is 5.91 Å². The van der Waals surface area contributed by atoms with Crippen LogP contribution in [0.2, 0.25) is 0 Å². The van der Waals surface area contributed by atoms with E-state index in [0.717, 1.165) is 11.3 Å². The van der Waals surface area contributed by atoms with Gasteiger partial charge in [-0.25, -0.2) is 4.79 Å². The molecule has 2 N–H and O–H groups in total. The van der Waals surface area contributed by atoms with Crippen molar-refractivity contribution in [2.45, 2.75) is 25.3 Å². The number of carbonyl (C=O) groups is 4. The third-order valence-corrected chi connectivity index (χ3v) is 5.76. The van der Waals surface area contributed by atoms with Crippen molar-refractivity contribution in [3.63, 3.8) is 0 Å². The number of carbonyl (C=O) groups excluding carboxylic acids is 4. The lowest BCUT2D eigenvalue weighted by Gasteiger charge is -2.22. The molecule has 2 fully saturated rings. The summed E-state index contributed by atoms with van der Waals surface area (Å²) in [5, 5.41) is 5.36. The number of imide groups is 1. The summed E-state index contributed by atoms with van der Waals surface area (Å²) in [4.78, 5) is 52.6. The maximum absolute atomic E-state index is 13.0. The molecule has 0 spiro atoms. The van der Waals surface area contributed by atoms with Crippen LogP contribution in [0, 0.1) is 0 Å². The molecule has 0 radical (unpaired) electrons. The Bertz CT molecular complexity index is 1090. The van der Waals surface area contributed by atoms with Gasteiger partial charge in [0.25, 0.3) is 5.91 Å². The number of amides is 5. The molecule has 1 atom stereocenters. The highest BCUT2D eigenvalue weighted by atomic mass is 16.5. The van der Waals surface area contributed by atoms with Crippen LogP contribution in [-0.4, -0.2) is 48.9 Å². The van der Waals surface area contributed by atoms with Crippen molar-refractivity contribution < 1.29 is 23.9 Å². The predicted molar refractivity (Wildman–Crippen MR) is 117 cm³/mol. The van der Waals surface area contributed by atoms with Gasteiger partial charge in [0.15, 0.2) is 0 Å². The van der Waals surface area contributed by atoms with E-state index in [1.54, 1.807) is 54.3 Å². The molecule has 2 aliphatic heterocycles. The summed E-state index contributed by atoms with van der Waals surface area (Å²) >= 11 is 0. The second-order valence-corrected chi connectivity index (χ2v) is 7.90. The van der Waals surface area contributed by atoms with Gasteiger partial charge in [0.2, 0.25) is 11.8 Å². The average Bonchev–Trinajstić information content (AvgIpc) is 3.31. The fraction of sp³-hybridized carbons (Fsp3) is 0.304. The van der Waals surface area contributed by atoms with Crippen LogP contribution in [0.1, 0.15) is 25.3 Å². The van der Waals surface area contributed by atoms with Gasteiger partial charge in [-0.2, -0.15) is 0 Å². The molecule has 2 aromatic rings. The van der Waals surface area contributed by atoms with Gasteiger partial charge < -0.3 is 20.3 Å². The van der Waals surface area contributed by atoms with Gasteiger partial charge in [0.1, 0.15) is 17.8 Å². The SMILES string of the molecule is COc1cc(NC(=O)CN2C(=O)NC(C)(c3ccccc3)C2=O)ccc1N1CCCC1=O. The zero-order chi connectivity index (χ0) is 22.9. The summed E-state index contributed by atoms with van der Waals surface area (Å²) in [5.74, 6) is -0.549. The van der Waals surface area contributed by atoms with Crippen LogP contribution in [0.5, 0.6) is 5.75 Å². The Labute approximate surface area is 185 Å². The van der Waals surface area contributed by atoms with E-state index in [2.05, 4.69) is 10.6 Å². The first-order chi connectivity index (χ1) is 15.3. The zero-order valence-corrected chi connectivity index (χ0v) is 17.9. The summed E-state index contributed by atoms with van der Waals surface area (Å²) in [6.07, 6.45) is 1.28. The van der Waals surface area contributed by atoms with E-state index in [9.17, 15) is 19.2 Å². The molecule has 5 amide bonds. The van der Waals surface area contributed by atoms with Gasteiger partial charge in [-0.05, 0) is 31.0 Å². The van der Waals surface area contributed by atoms with Crippen molar-refractivity contribution >= 4 is 35.1 Å². The minimum atomic E-state index is -1.23. The molecule has 2 saturated heterocycles. The van der Waals surface area contributed by atoms with Gasteiger partial charge in [-0.15, -0.1) is 0 Å². The zero-order valence-electron chi connectivity index (χ0n) is 17.9. The maximum atomic E-state index is 13.0. The first-order valence-electron chi connectivity index (χ1n) is 10.3. The maximum Gasteiger partial charge on any atom is 0.325 e. The van der Waals surface area contributed by atoms with Gasteiger partial charge in [-0.1, -0.05) is 30.3 Å². The third kappa shape index (κ3) is 3.77. The molecule has 0 aromatic heterocycles. The van der Waals surface area contributed by atoms with Gasteiger partial charge in [0, 0.05) is 24.7 Å². The summed E-state index contributed by atoms with van der Waals surface area (Å²) in [6.45, 7) is 1.80. The Hall–Kier alpha value is -3.88. The van der Waals surface area contributed by atoms with E-state index in [1.165, 1.54) is 7.11 Å². The van der Waals surface area contributed by atoms with Crippen molar-refractivity contribution in [2.75, 3.05) is 30.4 Å². The van der Waals surface area contributed by atoms with Crippen molar-refractivity contribution in [1.82, 2.24) is 10.2 Å². The number of hydrogen-bond acceptors (Lipinski definition) is 5. The van der Waals surface area contributed by atoms with Crippen LogP contribution in [-0.2, 0) is 19.9 Å². The Morgan fingerprint density at radius 3 is 2.56 bits per heavy atom. The summed E-state index contributed by atoms with van der Waals surface area (Å²) < 4.78 is 5.40. The smallest absolute Gasteiger partial charge is 0.325 e. The number of ether oxygens (including phenoxy) is 1. The molecular formula is C23H24N4O5. The molecule has 0 aliphatic carbocycles. The molecule has 32 heavy (non-hydrogen) atoms. The van der Waals surface area contributed by atoms with Crippen molar-refractivity contribution in [1.29, 1.82) is 0 Å². The predicted octanol–water partition coefficient (Wildman–Crippen LogP) is 2.23. The number of methoxy groups -OCH3 is 1. The van der Waals surface area contributed by atoms with E-state index < -0.39 is 29.9 Å². The van der Waals surface area contributed by atoms with Crippen molar-refractivity contribution in [3.05, 3.63) is 54.1 Å². The summed E-state index contributed by atoms with van der Waals surface area (Å²) in [5.41, 5.74) is 0.477. The number of hydrogen-bond donors (Lipinski definition) is 2. The van der Waals surface area contributed by atoms with Crippen LogP contribution in [0.15, 0.2) is 48.5 Å². The monoisotopic (exact) mass is 436 g/mol. The number of anilines is 2. The lowest BCUT2D eigenvalue weighted by Crippen LogP contribution is -2.42. The Kier molecular flexibility index (Phi) is 5.56. The Morgan fingerprint density at radius 1 is 1.16 bits per heavy atom. The van der Waals surface area contributed by atoms with Crippen LogP contribution < -0.4 is 20.3 Å². The highest BCUT2D eigenvalue weighted by Gasteiger charge is 2.49. The van der Waals surface area contributed by atoms with Gasteiger partial charge in [-0.3, -0.25) is 19.3 Å². The minimum Gasteiger partial charge on any atom is -0.494 e. The lowest BCUT2D eigenvalue weighted by molar-refractivity contribution is -0.133. The highest BCUT2D eigenvalue weighted by Crippen LogP contribution is 2.34. The van der Waals surface area contributed by atoms with E-state index in [4.69, 9.17) is 4.74 Å². The quantitative estimate of drug-likeness (QED) is 0.675. The van der Waals surface area contributed by atoms with Crippen LogP contribution in [0.4, 0.5) is 16.2 Å². The molecule has 9 heteroatoms. The molecule has 0 saturated carbocycles. The van der Waals surface area contributed by atoms with Gasteiger partial charge in [0.05, 0.1) is 12.8 Å². The van der Waals surface area contributed by atoms with E-state index >= 15 is 0 Å². The van der Waals surface area contributed by atoms with Crippen LogP contribution in [0.25, 0.3) is 0 Å². The standard InChI is InChI=1S/C23H24N4O5/c1-23(15-7-4-3-5-8-15)21(30)27(22(31)25-23)14-19(28)24-16-10-11-17(18(13-16)32-2)26-12-6-9-20(26)29/h3-5,7-8,10-11,13H,6,9,12,14H2,1-2H3,(H,24,28)(H,25,31). The van der Waals surface area contributed by atoms with Crippen LogP contribution >= 0.6 is 0 Å².